The summed E-state index contributed by atoms with van der Waals surface area (Å²) in [5, 5.41) is 16.0. The molecule has 1 aromatic heterocycles. The Balaban J connectivity index is 1.90. The summed E-state index contributed by atoms with van der Waals surface area (Å²) in [6.45, 7) is 6.59. The first-order valence-electron chi connectivity index (χ1n) is 7.19. The molecule has 1 heterocycles. The second-order valence-corrected chi connectivity index (χ2v) is 6.80. The lowest BCUT2D eigenvalue weighted by Gasteiger charge is -2.20. The Morgan fingerprint density at radius 1 is 1.30 bits per heavy atom. The molecule has 0 radical (unpaired) electrons. The van der Waals surface area contributed by atoms with E-state index in [-0.39, 0.29) is 6.04 Å². The highest BCUT2D eigenvalue weighted by Gasteiger charge is 2.32. The summed E-state index contributed by atoms with van der Waals surface area (Å²) in [7, 11) is 0. The van der Waals surface area contributed by atoms with Crippen molar-refractivity contribution >= 4 is 11.3 Å². The molecule has 1 aliphatic carbocycles. The zero-order valence-corrected chi connectivity index (χ0v) is 13.0. The topological polar surface area (TPSA) is 32.3 Å². The Bertz CT molecular complexity index is 606. The van der Waals surface area contributed by atoms with Crippen LogP contribution in [0.2, 0.25) is 0 Å². The largest absolute Gasteiger partial charge is 0.508 e. The normalized spacial score (nSPS) is 22.8. The van der Waals surface area contributed by atoms with Gasteiger partial charge in [0.05, 0.1) is 0 Å². The van der Waals surface area contributed by atoms with Crippen molar-refractivity contribution in [1.82, 2.24) is 5.32 Å². The number of benzene rings is 1. The second-order valence-electron chi connectivity index (χ2n) is 5.82. The standard InChI is InChI=1S/C17H21NOS/c1-10-6-7-14(19)17-13(9-11(2)16(10)17)18-12(3)15-5-4-8-20-15/h4-8,11-13,18-19H,9H2,1-3H3. The summed E-state index contributed by atoms with van der Waals surface area (Å²) in [5.41, 5.74) is 3.74. The van der Waals surface area contributed by atoms with Crippen LogP contribution >= 0.6 is 11.3 Å². The molecule has 3 unspecified atom stereocenters. The molecule has 3 atom stereocenters. The molecule has 1 aliphatic rings. The van der Waals surface area contributed by atoms with Gasteiger partial charge in [-0.05, 0) is 54.8 Å². The molecule has 0 aliphatic heterocycles. The van der Waals surface area contributed by atoms with Crippen LogP contribution in [0.1, 0.15) is 59.8 Å². The van der Waals surface area contributed by atoms with Crippen LogP contribution in [0, 0.1) is 6.92 Å². The number of hydrogen-bond acceptors (Lipinski definition) is 3. The summed E-state index contributed by atoms with van der Waals surface area (Å²) >= 11 is 1.78. The molecule has 3 heteroatoms. The second kappa shape index (κ2) is 5.23. The summed E-state index contributed by atoms with van der Waals surface area (Å²) in [4.78, 5) is 1.35. The van der Waals surface area contributed by atoms with Gasteiger partial charge in [-0.25, -0.2) is 0 Å². The van der Waals surface area contributed by atoms with Crippen molar-refractivity contribution in [2.45, 2.75) is 45.2 Å². The van der Waals surface area contributed by atoms with Gasteiger partial charge >= 0.3 is 0 Å². The van der Waals surface area contributed by atoms with Crippen LogP contribution in [-0.2, 0) is 0 Å². The first kappa shape index (κ1) is 13.7. The number of thiophene rings is 1. The third-order valence-corrected chi connectivity index (χ3v) is 5.39. The Labute approximate surface area is 124 Å². The number of nitrogens with one attached hydrogen (secondary N) is 1. The van der Waals surface area contributed by atoms with Crippen molar-refractivity contribution in [3.05, 3.63) is 51.2 Å². The van der Waals surface area contributed by atoms with Crippen molar-refractivity contribution in [2.24, 2.45) is 0 Å². The van der Waals surface area contributed by atoms with Gasteiger partial charge in [-0.3, -0.25) is 0 Å². The fourth-order valence-electron chi connectivity index (χ4n) is 3.42. The van der Waals surface area contributed by atoms with Gasteiger partial charge in [0.2, 0.25) is 0 Å². The average molecular weight is 287 g/mol. The highest BCUT2D eigenvalue weighted by atomic mass is 32.1. The molecule has 0 spiro atoms. The number of phenols is 1. The number of aromatic hydroxyl groups is 1. The van der Waals surface area contributed by atoms with Crippen LogP contribution in [0.15, 0.2) is 29.6 Å². The van der Waals surface area contributed by atoms with Gasteiger partial charge in [0.25, 0.3) is 0 Å². The molecule has 2 N–H and O–H groups in total. The summed E-state index contributed by atoms with van der Waals surface area (Å²) in [5.74, 6) is 0.941. The predicted molar refractivity (Wildman–Crippen MR) is 84.5 cm³/mol. The Hall–Kier alpha value is -1.32. The van der Waals surface area contributed by atoms with Crippen molar-refractivity contribution in [3.8, 4) is 5.75 Å². The van der Waals surface area contributed by atoms with E-state index in [0.29, 0.717) is 17.7 Å². The Morgan fingerprint density at radius 3 is 2.80 bits per heavy atom. The molecule has 1 aromatic carbocycles. The van der Waals surface area contributed by atoms with Crippen LogP contribution in [0.3, 0.4) is 0 Å². The molecule has 2 aromatic rings. The first-order valence-corrected chi connectivity index (χ1v) is 8.07. The summed E-state index contributed by atoms with van der Waals surface area (Å²) < 4.78 is 0. The van der Waals surface area contributed by atoms with E-state index in [0.717, 1.165) is 12.0 Å². The highest BCUT2D eigenvalue weighted by Crippen LogP contribution is 2.46. The summed E-state index contributed by atoms with van der Waals surface area (Å²) in [6, 6.07) is 8.67. The number of fused-ring (bicyclic) bond motifs is 1. The number of phenolic OH excluding ortho intramolecular Hbond substituents is 1. The SMILES string of the molecule is Cc1ccc(O)c2c1C(C)CC2NC(C)c1cccs1. The molecule has 0 saturated carbocycles. The minimum atomic E-state index is 0.247. The number of aryl methyl sites for hydroxylation is 1. The van der Waals surface area contributed by atoms with Gasteiger partial charge in [-0.15, -0.1) is 11.3 Å². The van der Waals surface area contributed by atoms with Gasteiger partial charge in [0, 0.05) is 22.5 Å². The monoisotopic (exact) mass is 287 g/mol. The molecule has 0 bridgehead atoms. The van der Waals surface area contributed by atoms with E-state index in [1.807, 2.05) is 12.1 Å². The molecular weight excluding hydrogens is 266 g/mol. The van der Waals surface area contributed by atoms with Crippen LogP contribution in [-0.4, -0.2) is 5.11 Å². The lowest BCUT2D eigenvalue weighted by Crippen LogP contribution is -2.22. The molecule has 3 rings (SSSR count). The van der Waals surface area contributed by atoms with E-state index in [9.17, 15) is 5.11 Å². The molecule has 0 saturated heterocycles. The fraction of sp³-hybridized carbons (Fsp3) is 0.412. The van der Waals surface area contributed by atoms with Crippen LogP contribution in [0.25, 0.3) is 0 Å². The third-order valence-electron chi connectivity index (χ3n) is 4.33. The highest BCUT2D eigenvalue weighted by molar-refractivity contribution is 7.10. The van der Waals surface area contributed by atoms with Gasteiger partial charge < -0.3 is 10.4 Å². The Kier molecular flexibility index (Phi) is 3.57. The van der Waals surface area contributed by atoms with E-state index in [1.165, 1.54) is 16.0 Å². The number of hydrogen-bond donors (Lipinski definition) is 2. The molecule has 0 fully saturated rings. The van der Waals surface area contributed by atoms with E-state index in [2.05, 4.69) is 43.6 Å². The molecule has 0 amide bonds. The van der Waals surface area contributed by atoms with Crippen molar-refractivity contribution in [3.63, 3.8) is 0 Å². The maximum atomic E-state index is 10.3. The minimum Gasteiger partial charge on any atom is -0.508 e. The third kappa shape index (κ3) is 2.25. The summed E-state index contributed by atoms with van der Waals surface area (Å²) in [6.07, 6.45) is 1.06. The minimum absolute atomic E-state index is 0.247. The smallest absolute Gasteiger partial charge is 0.120 e. The van der Waals surface area contributed by atoms with Crippen LogP contribution in [0.4, 0.5) is 0 Å². The zero-order valence-electron chi connectivity index (χ0n) is 12.2. The first-order chi connectivity index (χ1) is 9.58. The van der Waals surface area contributed by atoms with Gasteiger partial charge in [-0.1, -0.05) is 19.1 Å². The van der Waals surface area contributed by atoms with E-state index in [4.69, 9.17) is 0 Å². The maximum absolute atomic E-state index is 10.3. The van der Waals surface area contributed by atoms with Crippen molar-refractivity contribution in [2.75, 3.05) is 0 Å². The molecule has 20 heavy (non-hydrogen) atoms. The molecular formula is C17H21NOS. The lowest BCUT2D eigenvalue weighted by atomic mass is 9.97. The van der Waals surface area contributed by atoms with Crippen LogP contribution in [0.5, 0.6) is 5.75 Å². The van der Waals surface area contributed by atoms with Gasteiger partial charge in [-0.2, -0.15) is 0 Å². The lowest BCUT2D eigenvalue weighted by molar-refractivity contribution is 0.424. The maximum Gasteiger partial charge on any atom is 0.120 e. The van der Waals surface area contributed by atoms with E-state index in [1.54, 1.807) is 11.3 Å². The molecule has 2 nitrogen and oxygen atoms in total. The van der Waals surface area contributed by atoms with Crippen molar-refractivity contribution in [1.29, 1.82) is 0 Å². The van der Waals surface area contributed by atoms with Crippen molar-refractivity contribution < 1.29 is 5.11 Å². The van der Waals surface area contributed by atoms with Gasteiger partial charge in [0.1, 0.15) is 5.75 Å². The zero-order chi connectivity index (χ0) is 14.3. The average Bonchev–Trinajstić information content (AvgIpc) is 3.03. The Morgan fingerprint density at radius 2 is 2.10 bits per heavy atom. The molecule has 106 valence electrons. The fourth-order valence-corrected chi connectivity index (χ4v) is 4.16. The van der Waals surface area contributed by atoms with Gasteiger partial charge in [0.15, 0.2) is 0 Å². The predicted octanol–water partition coefficient (Wildman–Crippen LogP) is 4.66. The van der Waals surface area contributed by atoms with E-state index >= 15 is 0 Å². The van der Waals surface area contributed by atoms with E-state index < -0.39 is 0 Å². The quantitative estimate of drug-likeness (QED) is 0.860. The van der Waals surface area contributed by atoms with Crippen LogP contribution < -0.4 is 5.32 Å². The number of rotatable bonds is 3.